The highest BCUT2D eigenvalue weighted by molar-refractivity contribution is 5.65. The number of hydrogen-bond donors (Lipinski definition) is 1. The molecule has 13 heavy (non-hydrogen) atoms. The maximum absolute atomic E-state index is 10.0. The Kier molecular flexibility index (Phi) is 12.9. The van der Waals surface area contributed by atoms with Gasteiger partial charge in [-0.2, -0.15) is 0 Å². The lowest BCUT2D eigenvalue weighted by Crippen LogP contribution is -2.12. The van der Waals surface area contributed by atoms with E-state index < -0.39 is 6.10 Å². The standard InChI is InChI=1S/C5H10O3.C2H6O3/c1-4(6)3-8-5(2)7;1-3-5-4-2/h4,6H,3H2,1-2H3;1-2H3. The van der Waals surface area contributed by atoms with Crippen molar-refractivity contribution in [2.24, 2.45) is 0 Å². The average Bonchev–Trinajstić information content (AvgIpc) is 2.03. The van der Waals surface area contributed by atoms with Gasteiger partial charge in [0.05, 0.1) is 20.3 Å². The molecule has 0 heterocycles. The maximum atomic E-state index is 10.0. The van der Waals surface area contributed by atoms with Crippen molar-refractivity contribution in [1.82, 2.24) is 0 Å². The normalized spacial score (nSPS) is 11.2. The van der Waals surface area contributed by atoms with E-state index in [-0.39, 0.29) is 12.6 Å². The molecule has 0 bridgehead atoms. The van der Waals surface area contributed by atoms with Gasteiger partial charge in [0.2, 0.25) is 0 Å². The van der Waals surface area contributed by atoms with Crippen LogP contribution in [0.15, 0.2) is 0 Å². The van der Waals surface area contributed by atoms with Gasteiger partial charge in [-0.15, -0.1) is 0 Å². The molecule has 1 unspecified atom stereocenters. The third-order valence-electron chi connectivity index (χ3n) is 0.664. The molecule has 6 heteroatoms. The molecule has 1 atom stereocenters. The van der Waals surface area contributed by atoms with E-state index in [1.807, 2.05) is 0 Å². The lowest BCUT2D eigenvalue weighted by molar-refractivity contribution is -0.491. The van der Waals surface area contributed by atoms with Crippen LogP contribution in [0.2, 0.25) is 0 Å². The van der Waals surface area contributed by atoms with Gasteiger partial charge in [-0.05, 0) is 6.92 Å². The van der Waals surface area contributed by atoms with Crippen LogP contribution in [-0.4, -0.2) is 38.0 Å². The molecule has 0 spiro atoms. The van der Waals surface area contributed by atoms with Crippen LogP contribution in [0.3, 0.4) is 0 Å². The molecule has 0 aromatic carbocycles. The molecule has 80 valence electrons. The van der Waals surface area contributed by atoms with Crippen LogP contribution < -0.4 is 0 Å². The number of aliphatic hydroxyl groups excluding tert-OH is 1. The second kappa shape index (κ2) is 11.3. The number of carbonyl (C=O) groups is 1. The van der Waals surface area contributed by atoms with Crippen molar-refractivity contribution in [3.05, 3.63) is 0 Å². The van der Waals surface area contributed by atoms with Crippen LogP contribution in [0.1, 0.15) is 13.8 Å². The summed E-state index contributed by atoms with van der Waals surface area (Å²) in [6.07, 6.45) is -0.557. The number of hydrogen-bond acceptors (Lipinski definition) is 6. The Morgan fingerprint density at radius 2 is 1.85 bits per heavy atom. The minimum absolute atomic E-state index is 0.0926. The first kappa shape index (κ1) is 14.8. The zero-order chi connectivity index (χ0) is 10.7. The van der Waals surface area contributed by atoms with Gasteiger partial charge >= 0.3 is 5.97 Å². The molecule has 0 amide bonds. The monoisotopic (exact) mass is 196 g/mol. The first-order chi connectivity index (χ1) is 6.04. The van der Waals surface area contributed by atoms with Gasteiger partial charge in [0.1, 0.15) is 6.61 Å². The number of ether oxygens (including phenoxy) is 1. The van der Waals surface area contributed by atoms with E-state index in [1.165, 1.54) is 21.1 Å². The number of carbonyl (C=O) groups excluding carboxylic acids is 1. The molecule has 0 fully saturated rings. The quantitative estimate of drug-likeness (QED) is 0.389. The summed E-state index contributed by atoms with van der Waals surface area (Å²) in [6.45, 7) is 2.96. The molecule has 1 N–H and O–H groups in total. The third-order valence-corrected chi connectivity index (χ3v) is 0.664. The zero-order valence-electron chi connectivity index (χ0n) is 8.27. The van der Waals surface area contributed by atoms with Crippen LogP contribution in [0.5, 0.6) is 0 Å². The molecule has 0 aliphatic rings. The molecule has 0 saturated heterocycles. The van der Waals surface area contributed by atoms with Crippen molar-refractivity contribution in [2.75, 3.05) is 20.8 Å². The van der Waals surface area contributed by atoms with Crippen LogP contribution in [0.25, 0.3) is 0 Å². The van der Waals surface area contributed by atoms with E-state index in [9.17, 15) is 4.79 Å². The molecule has 0 aliphatic heterocycles. The summed E-state index contributed by atoms with van der Waals surface area (Å²) in [7, 11) is 2.73. The Bertz CT molecular complexity index is 112. The van der Waals surface area contributed by atoms with Gasteiger partial charge in [-0.1, -0.05) is 5.04 Å². The summed E-state index contributed by atoms with van der Waals surface area (Å²) >= 11 is 0. The van der Waals surface area contributed by atoms with E-state index in [4.69, 9.17) is 5.11 Å². The van der Waals surface area contributed by atoms with Gasteiger partial charge in [0, 0.05) is 6.92 Å². The number of rotatable bonds is 4. The van der Waals surface area contributed by atoms with E-state index in [0.29, 0.717) is 0 Å². The highest BCUT2D eigenvalue weighted by Crippen LogP contribution is 1.81. The maximum Gasteiger partial charge on any atom is 0.302 e. The summed E-state index contributed by atoms with van der Waals surface area (Å²) in [5.41, 5.74) is 0. The first-order valence-electron chi connectivity index (χ1n) is 3.59. The zero-order valence-corrected chi connectivity index (χ0v) is 8.27. The Hall–Kier alpha value is -0.690. The number of aliphatic hydroxyl groups is 1. The Balaban J connectivity index is 0. The molecule has 0 aliphatic carbocycles. The van der Waals surface area contributed by atoms with E-state index in [2.05, 4.69) is 19.6 Å². The molecule has 0 rings (SSSR count). The van der Waals surface area contributed by atoms with Crippen LogP contribution in [-0.2, 0) is 24.3 Å². The fourth-order valence-electron chi connectivity index (χ4n) is 0.306. The van der Waals surface area contributed by atoms with Gasteiger partial charge < -0.3 is 9.84 Å². The van der Waals surface area contributed by atoms with E-state index in [0.717, 1.165) is 0 Å². The molecular weight excluding hydrogens is 180 g/mol. The fourth-order valence-corrected chi connectivity index (χ4v) is 0.306. The summed E-state index contributed by atoms with van der Waals surface area (Å²) in [4.78, 5) is 18.0. The van der Waals surface area contributed by atoms with Crippen molar-refractivity contribution in [3.8, 4) is 0 Å². The molecular formula is C7H16O6. The molecule has 0 radical (unpaired) electrons. The highest BCUT2D eigenvalue weighted by Gasteiger charge is 1.96. The molecule has 0 saturated carbocycles. The van der Waals surface area contributed by atoms with Gasteiger partial charge in [-0.25, -0.2) is 9.78 Å². The topological polar surface area (TPSA) is 74.2 Å². The van der Waals surface area contributed by atoms with Crippen molar-refractivity contribution in [3.63, 3.8) is 0 Å². The van der Waals surface area contributed by atoms with Crippen LogP contribution in [0.4, 0.5) is 0 Å². The smallest absolute Gasteiger partial charge is 0.302 e. The van der Waals surface area contributed by atoms with Crippen LogP contribution in [0, 0.1) is 0 Å². The second-order valence-electron chi connectivity index (χ2n) is 2.05. The lowest BCUT2D eigenvalue weighted by atomic mass is 10.4. The SMILES string of the molecule is CC(=O)OCC(C)O.COOOC. The minimum atomic E-state index is -0.557. The van der Waals surface area contributed by atoms with Crippen molar-refractivity contribution >= 4 is 5.97 Å². The minimum Gasteiger partial charge on any atom is -0.463 e. The van der Waals surface area contributed by atoms with E-state index in [1.54, 1.807) is 6.92 Å². The van der Waals surface area contributed by atoms with Gasteiger partial charge in [-0.3, -0.25) is 4.79 Å². The Morgan fingerprint density at radius 3 is 1.92 bits per heavy atom. The highest BCUT2D eigenvalue weighted by atomic mass is 17.5. The molecule has 0 aromatic rings. The summed E-state index contributed by atoms with van der Waals surface area (Å²) in [5.74, 6) is -0.356. The predicted octanol–water partition coefficient (Wildman–Crippen LogP) is 0.0561. The summed E-state index contributed by atoms with van der Waals surface area (Å²) < 4.78 is 4.41. The lowest BCUT2D eigenvalue weighted by Gasteiger charge is -2.01. The second-order valence-corrected chi connectivity index (χ2v) is 2.05. The summed E-state index contributed by atoms with van der Waals surface area (Å²) in [6, 6.07) is 0. The molecule has 6 nitrogen and oxygen atoms in total. The predicted molar refractivity (Wildman–Crippen MR) is 43.4 cm³/mol. The van der Waals surface area contributed by atoms with Crippen molar-refractivity contribution in [1.29, 1.82) is 0 Å². The third kappa shape index (κ3) is 24.6. The first-order valence-corrected chi connectivity index (χ1v) is 3.59. The van der Waals surface area contributed by atoms with Gasteiger partial charge in [0.25, 0.3) is 0 Å². The van der Waals surface area contributed by atoms with Crippen LogP contribution >= 0.6 is 0 Å². The Labute approximate surface area is 77.2 Å². The van der Waals surface area contributed by atoms with Crippen molar-refractivity contribution < 1.29 is 29.5 Å². The Morgan fingerprint density at radius 1 is 1.38 bits per heavy atom. The van der Waals surface area contributed by atoms with E-state index >= 15 is 0 Å². The van der Waals surface area contributed by atoms with Gasteiger partial charge in [0.15, 0.2) is 0 Å². The molecule has 0 aromatic heterocycles. The fraction of sp³-hybridized carbons (Fsp3) is 0.857. The number of esters is 1. The van der Waals surface area contributed by atoms with Crippen molar-refractivity contribution in [2.45, 2.75) is 20.0 Å². The largest absolute Gasteiger partial charge is 0.463 e. The average molecular weight is 196 g/mol. The summed E-state index contributed by atoms with van der Waals surface area (Å²) in [5, 5.41) is 12.4.